The van der Waals surface area contributed by atoms with Crippen molar-refractivity contribution in [2.24, 2.45) is 11.5 Å². The zero-order valence-corrected chi connectivity index (χ0v) is 6.42. The van der Waals surface area contributed by atoms with Crippen molar-refractivity contribution >= 4 is 11.8 Å². The van der Waals surface area contributed by atoms with Crippen molar-refractivity contribution in [3.63, 3.8) is 0 Å². The van der Waals surface area contributed by atoms with E-state index < -0.39 is 30.4 Å². The molecule has 0 heterocycles. The maximum absolute atomic E-state index is 12.1. The van der Waals surface area contributed by atoms with E-state index in [1.807, 2.05) is 0 Å². The van der Waals surface area contributed by atoms with Crippen molar-refractivity contribution in [3.05, 3.63) is 0 Å². The lowest BCUT2D eigenvalue weighted by Gasteiger charge is -2.19. The third-order valence-corrected chi connectivity index (χ3v) is 1.40. The molecule has 70 valence electrons. The highest BCUT2D eigenvalue weighted by atomic mass is 19.1. The van der Waals surface area contributed by atoms with Crippen molar-refractivity contribution in [1.29, 1.82) is 0 Å². The molecule has 5 nitrogen and oxygen atoms in total. The monoisotopic (exact) mass is 178 g/mol. The number of carboxylic acids is 1. The third kappa shape index (κ3) is 2.55. The van der Waals surface area contributed by atoms with Gasteiger partial charge in [-0.05, 0) is 0 Å². The Balaban J connectivity index is 4.34. The zero-order chi connectivity index (χ0) is 9.78. The van der Waals surface area contributed by atoms with Crippen LogP contribution in [0, 0.1) is 0 Å². The Kier molecular flexibility index (Phi) is 3.78. The summed E-state index contributed by atoms with van der Waals surface area (Å²) in [6.45, 7) is -1.61. The summed E-state index contributed by atoms with van der Waals surface area (Å²) < 4.78 is 12.1. The first-order valence-electron chi connectivity index (χ1n) is 3.26. The molecule has 12 heavy (non-hydrogen) atoms. The fraction of sp³-hybridized carbons (Fsp3) is 0.667. The Morgan fingerprint density at radius 1 is 1.50 bits per heavy atom. The second kappa shape index (κ2) is 4.13. The SMILES string of the molecule is NCC(=O)C[C@](N)(CF)C(=O)O. The van der Waals surface area contributed by atoms with Crippen LogP contribution in [-0.4, -0.2) is 35.6 Å². The van der Waals surface area contributed by atoms with Crippen LogP contribution in [0.15, 0.2) is 0 Å². The molecule has 0 bridgehead atoms. The van der Waals surface area contributed by atoms with E-state index in [2.05, 4.69) is 0 Å². The van der Waals surface area contributed by atoms with Crippen molar-refractivity contribution in [3.8, 4) is 0 Å². The van der Waals surface area contributed by atoms with Crippen LogP contribution < -0.4 is 11.5 Å². The molecule has 6 heteroatoms. The Hall–Kier alpha value is -1.01. The number of aliphatic carboxylic acids is 1. The zero-order valence-electron chi connectivity index (χ0n) is 6.42. The number of alkyl halides is 1. The van der Waals surface area contributed by atoms with Crippen LogP contribution in [0.1, 0.15) is 6.42 Å². The van der Waals surface area contributed by atoms with E-state index in [1.165, 1.54) is 0 Å². The van der Waals surface area contributed by atoms with Crippen molar-refractivity contribution in [2.45, 2.75) is 12.0 Å². The molecule has 5 N–H and O–H groups in total. The van der Waals surface area contributed by atoms with Gasteiger partial charge in [0, 0.05) is 6.42 Å². The number of carbonyl (C=O) groups is 2. The van der Waals surface area contributed by atoms with Crippen molar-refractivity contribution in [2.75, 3.05) is 13.2 Å². The summed E-state index contributed by atoms with van der Waals surface area (Å²) in [5.41, 5.74) is 7.86. The van der Waals surface area contributed by atoms with Gasteiger partial charge in [0.1, 0.15) is 18.0 Å². The molecule has 0 saturated carbocycles. The van der Waals surface area contributed by atoms with Gasteiger partial charge in [-0.3, -0.25) is 9.59 Å². The summed E-state index contributed by atoms with van der Waals surface area (Å²) in [7, 11) is 0. The number of rotatable bonds is 5. The summed E-state index contributed by atoms with van der Waals surface area (Å²) >= 11 is 0. The average Bonchev–Trinajstić information content (AvgIpc) is 2.03. The summed E-state index contributed by atoms with van der Waals surface area (Å²) in [6, 6.07) is 0. The maximum atomic E-state index is 12.1. The molecule has 0 unspecified atom stereocenters. The van der Waals surface area contributed by atoms with E-state index in [0.717, 1.165) is 0 Å². The van der Waals surface area contributed by atoms with Gasteiger partial charge in [-0.1, -0.05) is 0 Å². The van der Waals surface area contributed by atoms with Gasteiger partial charge in [0.25, 0.3) is 0 Å². The highest BCUT2D eigenvalue weighted by molar-refractivity contribution is 5.89. The number of nitrogens with two attached hydrogens (primary N) is 2. The first-order chi connectivity index (χ1) is 5.46. The minimum absolute atomic E-state index is 0.327. The molecule has 0 aliphatic rings. The molecule has 0 radical (unpaired) electrons. The lowest BCUT2D eigenvalue weighted by Crippen LogP contribution is -2.52. The molecule has 0 aromatic carbocycles. The van der Waals surface area contributed by atoms with E-state index >= 15 is 0 Å². The van der Waals surface area contributed by atoms with Gasteiger partial charge in [-0.25, -0.2) is 4.39 Å². The fourth-order valence-electron chi connectivity index (χ4n) is 0.604. The maximum Gasteiger partial charge on any atom is 0.326 e. The smallest absolute Gasteiger partial charge is 0.326 e. The van der Waals surface area contributed by atoms with Gasteiger partial charge in [0.2, 0.25) is 0 Å². The predicted molar refractivity (Wildman–Crippen MR) is 39.2 cm³/mol. The van der Waals surface area contributed by atoms with E-state index in [9.17, 15) is 14.0 Å². The molecule has 0 aromatic heterocycles. The molecule has 0 aromatic rings. The molecule has 0 saturated heterocycles. The number of hydrogen-bond donors (Lipinski definition) is 3. The van der Waals surface area contributed by atoms with Crippen LogP contribution in [0.4, 0.5) is 4.39 Å². The first-order valence-corrected chi connectivity index (χ1v) is 3.26. The molecule has 1 atom stereocenters. The lowest BCUT2D eigenvalue weighted by molar-refractivity contribution is -0.146. The Morgan fingerprint density at radius 3 is 2.25 bits per heavy atom. The Morgan fingerprint density at radius 2 is 2.00 bits per heavy atom. The van der Waals surface area contributed by atoms with Crippen molar-refractivity contribution in [1.82, 2.24) is 0 Å². The van der Waals surface area contributed by atoms with Crippen LogP contribution in [0.25, 0.3) is 0 Å². The lowest BCUT2D eigenvalue weighted by atomic mass is 9.96. The number of Topliss-reactive ketones (excluding diaryl/α,β-unsaturated/α-hetero) is 1. The molecule has 0 amide bonds. The molecule has 0 aliphatic carbocycles. The minimum Gasteiger partial charge on any atom is -0.480 e. The quantitative estimate of drug-likeness (QED) is 0.483. The average molecular weight is 178 g/mol. The minimum atomic E-state index is -2.11. The number of carbonyl (C=O) groups excluding carboxylic acids is 1. The van der Waals surface area contributed by atoms with E-state index in [1.54, 1.807) is 0 Å². The normalized spacial score (nSPS) is 15.2. The predicted octanol–water partition coefficient (Wildman–Crippen LogP) is -1.34. The highest BCUT2D eigenvalue weighted by Crippen LogP contribution is 2.08. The van der Waals surface area contributed by atoms with Crippen LogP contribution in [0.5, 0.6) is 0 Å². The van der Waals surface area contributed by atoms with Gasteiger partial charge in [0.15, 0.2) is 0 Å². The van der Waals surface area contributed by atoms with Gasteiger partial charge in [0.05, 0.1) is 6.54 Å². The van der Waals surface area contributed by atoms with E-state index in [0.29, 0.717) is 0 Å². The summed E-state index contributed by atoms with van der Waals surface area (Å²) in [5, 5.41) is 8.42. The van der Waals surface area contributed by atoms with Gasteiger partial charge >= 0.3 is 5.97 Å². The second-order valence-corrected chi connectivity index (χ2v) is 2.51. The number of carboxylic acid groups (broad SMARTS) is 1. The van der Waals surface area contributed by atoms with Crippen LogP contribution in [-0.2, 0) is 9.59 Å². The molecule has 0 rings (SSSR count). The molecular formula is C6H11FN2O3. The summed E-state index contributed by atoms with van der Waals surface area (Å²) in [5.74, 6) is -2.11. The van der Waals surface area contributed by atoms with Crippen molar-refractivity contribution < 1.29 is 19.1 Å². The highest BCUT2D eigenvalue weighted by Gasteiger charge is 2.36. The van der Waals surface area contributed by atoms with E-state index in [4.69, 9.17) is 16.6 Å². The topological polar surface area (TPSA) is 106 Å². The molecule has 0 spiro atoms. The fourth-order valence-corrected chi connectivity index (χ4v) is 0.604. The summed E-state index contributed by atoms with van der Waals surface area (Å²) in [4.78, 5) is 21.0. The molecule has 0 fully saturated rings. The number of ketones is 1. The van der Waals surface area contributed by atoms with Crippen LogP contribution in [0.2, 0.25) is 0 Å². The van der Waals surface area contributed by atoms with Gasteiger partial charge < -0.3 is 16.6 Å². The Labute approximate surface area is 68.5 Å². The number of halogens is 1. The van der Waals surface area contributed by atoms with Gasteiger partial charge in [-0.2, -0.15) is 0 Å². The largest absolute Gasteiger partial charge is 0.480 e. The van der Waals surface area contributed by atoms with E-state index in [-0.39, 0.29) is 6.54 Å². The second-order valence-electron chi connectivity index (χ2n) is 2.51. The van der Waals surface area contributed by atoms with Gasteiger partial charge in [-0.15, -0.1) is 0 Å². The molecule has 0 aliphatic heterocycles. The Bertz CT molecular complexity index is 197. The third-order valence-electron chi connectivity index (χ3n) is 1.40. The van der Waals surface area contributed by atoms with Crippen LogP contribution in [0.3, 0.4) is 0 Å². The standard InChI is InChI=1S/C6H11FN2O3/c7-3-6(9,5(11)12)1-4(10)2-8/h1-3,8-9H2,(H,11,12)/t6-/m0/s1. The molecular weight excluding hydrogens is 167 g/mol. The first kappa shape index (κ1) is 11.0. The summed E-state index contributed by atoms with van der Waals surface area (Å²) in [6.07, 6.45) is -0.574. The number of hydrogen-bond acceptors (Lipinski definition) is 4. The van der Waals surface area contributed by atoms with Crippen LogP contribution >= 0.6 is 0 Å².